The lowest BCUT2D eigenvalue weighted by atomic mass is 9.96. The van der Waals surface area contributed by atoms with Crippen LogP contribution in [0.5, 0.6) is 0 Å². The van der Waals surface area contributed by atoms with Gasteiger partial charge in [-0.1, -0.05) is 13.8 Å². The second kappa shape index (κ2) is 11.0. The van der Waals surface area contributed by atoms with E-state index in [0.717, 1.165) is 34.3 Å². The number of piperazine rings is 1. The molecule has 0 saturated carbocycles. The zero-order valence-electron chi connectivity index (χ0n) is 21.8. The van der Waals surface area contributed by atoms with Crippen molar-refractivity contribution in [1.29, 1.82) is 0 Å². The van der Waals surface area contributed by atoms with Crippen molar-refractivity contribution in [2.24, 2.45) is 5.92 Å². The van der Waals surface area contributed by atoms with Crippen LogP contribution < -0.4 is 0 Å². The molecule has 0 aliphatic carbocycles. The number of hydrogen-bond donors (Lipinski definition) is 0. The SMILES string of the molecule is Cc1cc2c(cnn2-c2ccc(F)cc2)cc1[C@H]1CN(S(=O)(=O)CCOC(C)C)CCN1CC(C)C. The van der Waals surface area contributed by atoms with Crippen LogP contribution in [0.25, 0.3) is 16.6 Å². The highest BCUT2D eigenvalue weighted by Gasteiger charge is 2.35. The lowest BCUT2D eigenvalue weighted by Crippen LogP contribution is -2.52. The second-order valence-electron chi connectivity index (χ2n) is 10.3. The lowest BCUT2D eigenvalue weighted by molar-refractivity contribution is 0.0875. The summed E-state index contributed by atoms with van der Waals surface area (Å²) in [4.78, 5) is 2.40. The Morgan fingerprint density at radius 3 is 2.50 bits per heavy atom. The Balaban J connectivity index is 1.66. The van der Waals surface area contributed by atoms with Gasteiger partial charge in [-0.25, -0.2) is 17.5 Å². The average Bonchev–Trinajstić information content (AvgIpc) is 3.21. The molecule has 1 atom stereocenters. The van der Waals surface area contributed by atoms with Crippen LogP contribution in [0.15, 0.2) is 42.6 Å². The molecule has 1 aliphatic heterocycles. The Hall–Kier alpha value is -2.33. The van der Waals surface area contributed by atoms with Crippen LogP contribution in [0.1, 0.15) is 44.9 Å². The normalized spacial score (nSPS) is 18.1. The predicted molar refractivity (Wildman–Crippen MR) is 141 cm³/mol. The van der Waals surface area contributed by atoms with Crippen molar-refractivity contribution >= 4 is 20.9 Å². The fourth-order valence-corrected chi connectivity index (χ4v) is 6.19. The van der Waals surface area contributed by atoms with Gasteiger partial charge >= 0.3 is 0 Å². The third-order valence-corrected chi connectivity index (χ3v) is 8.43. The largest absolute Gasteiger partial charge is 0.378 e. The van der Waals surface area contributed by atoms with Crippen molar-refractivity contribution in [1.82, 2.24) is 19.0 Å². The van der Waals surface area contributed by atoms with Gasteiger partial charge in [0.1, 0.15) is 5.82 Å². The Morgan fingerprint density at radius 2 is 1.83 bits per heavy atom. The van der Waals surface area contributed by atoms with E-state index in [9.17, 15) is 12.8 Å². The van der Waals surface area contributed by atoms with Crippen molar-refractivity contribution in [2.75, 3.05) is 38.5 Å². The van der Waals surface area contributed by atoms with Gasteiger partial charge < -0.3 is 4.74 Å². The molecule has 4 rings (SSSR count). The molecule has 0 spiro atoms. The smallest absolute Gasteiger partial charge is 0.216 e. The molecule has 3 aromatic rings. The highest BCUT2D eigenvalue weighted by Crippen LogP contribution is 2.33. The molecule has 0 bridgehead atoms. The first kappa shape index (κ1) is 26.7. The van der Waals surface area contributed by atoms with Gasteiger partial charge in [0, 0.05) is 37.6 Å². The summed E-state index contributed by atoms with van der Waals surface area (Å²) in [6, 6.07) is 10.4. The van der Waals surface area contributed by atoms with Crippen LogP contribution in [0.2, 0.25) is 0 Å². The van der Waals surface area contributed by atoms with Crippen molar-refractivity contribution < 1.29 is 17.5 Å². The standard InChI is InChI=1S/C27H37FN4O3S/c1-19(2)17-30-10-11-31(36(33,34)13-12-35-20(3)4)18-27(30)25-15-22-16-29-32(26(22)14-21(25)5)24-8-6-23(28)7-9-24/h6-9,14-16,19-20,27H,10-13,17-18H2,1-5H3/t27-/m1/s1. The van der Waals surface area contributed by atoms with Crippen LogP contribution in [0.3, 0.4) is 0 Å². The minimum atomic E-state index is -3.43. The van der Waals surface area contributed by atoms with E-state index in [-0.39, 0.29) is 30.3 Å². The zero-order chi connectivity index (χ0) is 26.0. The molecule has 0 unspecified atom stereocenters. The van der Waals surface area contributed by atoms with Gasteiger partial charge in [-0.15, -0.1) is 0 Å². The minimum absolute atomic E-state index is 0.000963. The van der Waals surface area contributed by atoms with Gasteiger partial charge in [0.25, 0.3) is 0 Å². The first-order valence-corrected chi connectivity index (χ1v) is 14.2. The van der Waals surface area contributed by atoms with Gasteiger partial charge in [0.05, 0.1) is 35.9 Å². The van der Waals surface area contributed by atoms with Gasteiger partial charge in [0.15, 0.2) is 0 Å². The number of ether oxygens (including phenoxy) is 1. The molecule has 1 fully saturated rings. The van der Waals surface area contributed by atoms with E-state index in [0.29, 0.717) is 25.6 Å². The molecule has 2 heterocycles. The van der Waals surface area contributed by atoms with E-state index in [2.05, 4.69) is 42.9 Å². The number of aryl methyl sites for hydroxylation is 1. The summed E-state index contributed by atoms with van der Waals surface area (Å²) in [7, 11) is -3.43. The van der Waals surface area contributed by atoms with Gasteiger partial charge in [-0.2, -0.15) is 9.40 Å². The van der Waals surface area contributed by atoms with E-state index in [1.807, 2.05) is 24.7 Å². The molecule has 0 N–H and O–H groups in total. The minimum Gasteiger partial charge on any atom is -0.378 e. The summed E-state index contributed by atoms with van der Waals surface area (Å²) >= 11 is 0. The third kappa shape index (κ3) is 5.96. The monoisotopic (exact) mass is 516 g/mol. The number of halogens is 1. The van der Waals surface area contributed by atoms with E-state index in [4.69, 9.17) is 4.74 Å². The summed E-state index contributed by atoms with van der Waals surface area (Å²) in [5.41, 5.74) is 3.91. The van der Waals surface area contributed by atoms with Crippen molar-refractivity contribution in [3.05, 3.63) is 59.5 Å². The molecule has 9 heteroatoms. The van der Waals surface area contributed by atoms with Gasteiger partial charge in [0.2, 0.25) is 10.0 Å². The van der Waals surface area contributed by atoms with Crippen LogP contribution in [-0.4, -0.2) is 72.0 Å². The first-order chi connectivity index (χ1) is 17.0. The molecule has 196 valence electrons. The predicted octanol–water partition coefficient (Wildman–Crippen LogP) is 4.54. The second-order valence-corrected chi connectivity index (χ2v) is 12.4. The van der Waals surface area contributed by atoms with Crippen molar-refractivity contribution in [2.45, 2.75) is 46.8 Å². The van der Waals surface area contributed by atoms with Crippen molar-refractivity contribution in [3.63, 3.8) is 0 Å². The number of fused-ring (bicyclic) bond motifs is 1. The fourth-order valence-electron chi connectivity index (χ4n) is 4.89. The maximum absolute atomic E-state index is 13.4. The number of sulfonamides is 1. The Kier molecular flexibility index (Phi) is 8.14. The molecule has 0 radical (unpaired) electrons. The van der Waals surface area contributed by atoms with E-state index >= 15 is 0 Å². The van der Waals surface area contributed by atoms with Gasteiger partial charge in [-0.05, 0) is 74.2 Å². The number of hydrogen-bond acceptors (Lipinski definition) is 5. The molecule has 0 amide bonds. The third-order valence-electron chi connectivity index (χ3n) is 6.63. The summed E-state index contributed by atoms with van der Waals surface area (Å²) in [6.45, 7) is 12.9. The fraction of sp³-hybridized carbons (Fsp3) is 0.519. The zero-order valence-corrected chi connectivity index (χ0v) is 22.6. The Labute approximate surface area is 213 Å². The van der Waals surface area contributed by atoms with Gasteiger partial charge in [-0.3, -0.25) is 4.90 Å². The number of rotatable bonds is 9. The molecular weight excluding hydrogens is 479 g/mol. The first-order valence-electron chi connectivity index (χ1n) is 12.6. The quantitative estimate of drug-likeness (QED) is 0.418. The number of nitrogens with zero attached hydrogens (tertiary/aromatic N) is 4. The summed E-state index contributed by atoms with van der Waals surface area (Å²) in [6.07, 6.45) is 1.82. The highest BCUT2D eigenvalue weighted by atomic mass is 32.2. The molecular formula is C27H37FN4O3S. The highest BCUT2D eigenvalue weighted by molar-refractivity contribution is 7.89. The van der Waals surface area contributed by atoms with Crippen LogP contribution in [0.4, 0.5) is 4.39 Å². The Bertz CT molecular complexity index is 1290. The topological polar surface area (TPSA) is 67.7 Å². The molecule has 7 nitrogen and oxygen atoms in total. The number of aromatic nitrogens is 2. The molecule has 1 aromatic heterocycles. The summed E-state index contributed by atoms with van der Waals surface area (Å²) in [5.74, 6) is 0.164. The van der Waals surface area contributed by atoms with E-state index in [1.54, 1.807) is 16.4 Å². The summed E-state index contributed by atoms with van der Waals surface area (Å²) in [5, 5.41) is 5.52. The lowest BCUT2D eigenvalue weighted by Gasteiger charge is -2.42. The molecule has 1 saturated heterocycles. The van der Waals surface area contributed by atoms with E-state index in [1.165, 1.54) is 12.1 Å². The maximum atomic E-state index is 13.4. The van der Waals surface area contributed by atoms with Crippen molar-refractivity contribution in [3.8, 4) is 5.69 Å². The molecule has 2 aromatic carbocycles. The van der Waals surface area contributed by atoms with Crippen LogP contribution in [-0.2, 0) is 14.8 Å². The molecule has 1 aliphatic rings. The average molecular weight is 517 g/mol. The summed E-state index contributed by atoms with van der Waals surface area (Å²) < 4.78 is 48.7. The molecule has 36 heavy (non-hydrogen) atoms. The van der Waals surface area contributed by atoms with Crippen LogP contribution in [0, 0.1) is 18.7 Å². The number of benzene rings is 2. The Morgan fingerprint density at radius 1 is 1.11 bits per heavy atom. The van der Waals surface area contributed by atoms with Crippen LogP contribution >= 0.6 is 0 Å². The maximum Gasteiger partial charge on any atom is 0.216 e. The van der Waals surface area contributed by atoms with E-state index < -0.39 is 10.0 Å².